The van der Waals surface area contributed by atoms with E-state index < -0.39 is 134 Å². The van der Waals surface area contributed by atoms with Gasteiger partial charge in [0, 0.05) is 19.4 Å². The molecule has 22 heteroatoms. The van der Waals surface area contributed by atoms with Crippen LogP contribution in [0.3, 0.4) is 0 Å². The van der Waals surface area contributed by atoms with Crippen molar-refractivity contribution in [2.24, 2.45) is 11.7 Å². The molecule has 0 aliphatic carbocycles. The Balaban J connectivity index is 3.32. The molecule has 0 aromatic carbocycles. The molecule has 21 nitrogen and oxygen atoms in total. The Hall–Kier alpha value is -4.99. The van der Waals surface area contributed by atoms with Gasteiger partial charge < -0.3 is 57.6 Å². The molecule has 0 aromatic rings. The Labute approximate surface area is 315 Å². The number of nitrogens with one attached hydrogen (secondary N) is 5. The lowest BCUT2D eigenvalue weighted by Crippen LogP contribution is -2.60. The van der Waals surface area contributed by atoms with E-state index in [4.69, 9.17) is 10.8 Å². The standard InChI is InChI=1S/C32H51N7O14S/c1-4-16(2)26(31(51)36-19(11-13-54-3)28(48)37-20(32(52)53)14-25(45)46)38-29(49)18(8-10-24(43)44)34-27(47)17(7-9-23(41)42)35-30(50)21-6-5-12-39(21)22(40)15-33/h16-21,26H,4-15,33H2,1-3H3,(H,34,47)(H,35,50)(H,36,51)(H,37,48)(H,38,49)(H,41,42)(H,43,44)(H,45,46)(H,52,53)/t16-,17-,18-,19-,20-,21-,26-/m0/s1. The van der Waals surface area contributed by atoms with E-state index in [1.807, 2.05) is 0 Å². The quantitative estimate of drug-likeness (QED) is 0.0455. The number of amides is 6. The van der Waals surface area contributed by atoms with Crippen molar-refractivity contribution in [2.75, 3.05) is 25.1 Å². The van der Waals surface area contributed by atoms with Gasteiger partial charge in [-0.25, -0.2) is 4.79 Å². The minimum Gasteiger partial charge on any atom is -0.481 e. The van der Waals surface area contributed by atoms with E-state index in [0.29, 0.717) is 18.6 Å². The molecule has 11 N–H and O–H groups in total. The first kappa shape index (κ1) is 47.0. The SMILES string of the molecule is CC[C@H](C)[C@H](NC(=O)[C@H](CCC(=O)O)NC(=O)[C@H](CCC(=O)O)NC(=O)[C@@H]1CCCN1C(=O)CN)C(=O)N[C@@H](CCSC)C(=O)N[C@@H](CC(=O)O)C(=O)O. The largest absolute Gasteiger partial charge is 0.481 e. The van der Waals surface area contributed by atoms with Crippen LogP contribution in [0.4, 0.5) is 0 Å². The number of carbonyl (C=O) groups excluding carboxylic acids is 6. The van der Waals surface area contributed by atoms with E-state index in [0.717, 1.165) is 0 Å². The highest BCUT2D eigenvalue weighted by molar-refractivity contribution is 7.98. The molecule has 0 radical (unpaired) electrons. The summed E-state index contributed by atoms with van der Waals surface area (Å²) in [5.41, 5.74) is 5.44. The molecule has 1 aliphatic heterocycles. The van der Waals surface area contributed by atoms with Gasteiger partial charge >= 0.3 is 23.9 Å². The Bertz CT molecular complexity index is 1400. The molecule has 1 aliphatic rings. The molecule has 54 heavy (non-hydrogen) atoms. The summed E-state index contributed by atoms with van der Waals surface area (Å²) in [6, 6.07) is -8.70. The molecule has 1 heterocycles. The zero-order chi connectivity index (χ0) is 41.1. The number of carboxylic acids is 4. The second kappa shape index (κ2) is 23.6. The van der Waals surface area contributed by atoms with Crippen LogP contribution in [0.15, 0.2) is 0 Å². The topological polar surface area (TPSA) is 341 Å². The molecular formula is C32H51N7O14S. The Kier molecular flexibility index (Phi) is 20.6. The van der Waals surface area contributed by atoms with Gasteiger partial charge in [0.25, 0.3) is 0 Å². The fourth-order valence-electron chi connectivity index (χ4n) is 5.44. The van der Waals surface area contributed by atoms with Crippen LogP contribution in [0.25, 0.3) is 0 Å². The smallest absolute Gasteiger partial charge is 0.326 e. The van der Waals surface area contributed by atoms with Gasteiger partial charge in [0.1, 0.15) is 36.3 Å². The van der Waals surface area contributed by atoms with Gasteiger partial charge in [-0.1, -0.05) is 20.3 Å². The predicted octanol–water partition coefficient (Wildman–Crippen LogP) is -2.55. The number of carboxylic acid groups (broad SMARTS) is 4. The van der Waals surface area contributed by atoms with Crippen molar-refractivity contribution in [1.82, 2.24) is 31.5 Å². The lowest BCUT2D eigenvalue weighted by atomic mass is 9.96. The van der Waals surface area contributed by atoms with Gasteiger partial charge in [-0.3, -0.25) is 43.2 Å². The number of aliphatic carboxylic acids is 4. The molecule has 0 aromatic heterocycles. The molecule has 6 amide bonds. The van der Waals surface area contributed by atoms with Gasteiger partial charge in [-0.2, -0.15) is 11.8 Å². The van der Waals surface area contributed by atoms with Crippen LogP contribution in [0.5, 0.6) is 0 Å². The summed E-state index contributed by atoms with van der Waals surface area (Å²) in [5.74, 6) is -11.3. The fraction of sp³-hybridized carbons (Fsp3) is 0.688. The van der Waals surface area contributed by atoms with Gasteiger partial charge in [-0.15, -0.1) is 0 Å². The van der Waals surface area contributed by atoms with E-state index in [-0.39, 0.29) is 25.9 Å². The molecule has 0 saturated carbocycles. The van der Waals surface area contributed by atoms with E-state index in [2.05, 4.69) is 26.6 Å². The number of thioether (sulfide) groups is 1. The van der Waals surface area contributed by atoms with Crippen molar-refractivity contribution >= 4 is 71.1 Å². The number of rotatable bonds is 25. The first-order valence-corrected chi connectivity index (χ1v) is 18.6. The van der Waals surface area contributed by atoms with E-state index in [1.165, 1.54) is 16.7 Å². The Morgan fingerprint density at radius 2 is 1.22 bits per heavy atom. The fourth-order valence-corrected chi connectivity index (χ4v) is 5.91. The third-order valence-electron chi connectivity index (χ3n) is 8.64. The normalized spacial score (nSPS) is 17.0. The molecular weight excluding hydrogens is 738 g/mol. The van der Waals surface area contributed by atoms with Gasteiger partial charge in [0.2, 0.25) is 35.4 Å². The van der Waals surface area contributed by atoms with Crippen molar-refractivity contribution in [1.29, 1.82) is 0 Å². The molecule has 1 rings (SSSR count). The molecule has 304 valence electrons. The van der Waals surface area contributed by atoms with Crippen molar-refractivity contribution in [3.8, 4) is 0 Å². The minimum absolute atomic E-state index is 0.0148. The van der Waals surface area contributed by atoms with Gasteiger partial charge in [0.15, 0.2) is 0 Å². The summed E-state index contributed by atoms with van der Waals surface area (Å²) < 4.78 is 0. The molecule has 1 fully saturated rings. The molecule has 7 atom stereocenters. The van der Waals surface area contributed by atoms with Crippen LogP contribution in [-0.4, -0.2) is 146 Å². The van der Waals surface area contributed by atoms with Crippen molar-refractivity contribution in [3.05, 3.63) is 0 Å². The lowest BCUT2D eigenvalue weighted by Gasteiger charge is -2.29. The number of nitrogens with zero attached hydrogens (tertiary/aromatic N) is 1. The number of likely N-dealkylation sites (tertiary alicyclic amines) is 1. The van der Waals surface area contributed by atoms with Crippen LogP contribution in [0.2, 0.25) is 0 Å². The maximum atomic E-state index is 13.7. The van der Waals surface area contributed by atoms with E-state index in [9.17, 15) is 63.3 Å². The van der Waals surface area contributed by atoms with Crippen LogP contribution >= 0.6 is 11.8 Å². The monoisotopic (exact) mass is 789 g/mol. The van der Waals surface area contributed by atoms with Crippen molar-refractivity contribution in [3.63, 3.8) is 0 Å². The molecule has 0 bridgehead atoms. The Morgan fingerprint density at radius 1 is 0.722 bits per heavy atom. The highest BCUT2D eigenvalue weighted by Crippen LogP contribution is 2.18. The highest BCUT2D eigenvalue weighted by atomic mass is 32.2. The Morgan fingerprint density at radius 3 is 1.70 bits per heavy atom. The van der Waals surface area contributed by atoms with Crippen molar-refractivity contribution < 1.29 is 68.4 Å². The number of carbonyl (C=O) groups is 10. The summed E-state index contributed by atoms with van der Waals surface area (Å²) in [4.78, 5) is 126. The number of hydrogen-bond donors (Lipinski definition) is 10. The van der Waals surface area contributed by atoms with E-state index in [1.54, 1.807) is 20.1 Å². The van der Waals surface area contributed by atoms with E-state index >= 15 is 0 Å². The lowest BCUT2D eigenvalue weighted by molar-refractivity contribution is -0.147. The second-order valence-corrected chi connectivity index (χ2v) is 13.6. The van der Waals surface area contributed by atoms with Crippen LogP contribution in [-0.2, 0) is 47.9 Å². The molecule has 0 unspecified atom stereocenters. The third-order valence-corrected chi connectivity index (χ3v) is 9.28. The average molecular weight is 790 g/mol. The first-order valence-electron chi connectivity index (χ1n) is 17.2. The maximum absolute atomic E-state index is 13.7. The van der Waals surface area contributed by atoms with Gasteiger partial charge in [0.05, 0.1) is 13.0 Å². The summed E-state index contributed by atoms with van der Waals surface area (Å²) in [6.07, 6.45) is -0.409. The van der Waals surface area contributed by atoms with Crippen molar-refractivity contribution in [2.45, 2.75) is 108 Å². The van der Waals surface area contributed by atoms with Crippen LogP contribution in [0.1, 0.15) is 71.6 Å². The number of hydrogen-bond acceptors (Lipinski definition) is 12. The highest BCUT2D eigenvalue weighted by Gasteiger charge is 2.37. The first-order chi connectivity index (χ1) is 25.4. The third kappa shape index (κ3) is 15.9. The minimum atomic E-state index is -1.80. The van der Waals surface area contributed by atoms with Crippen LogP contribution < -0.4 is 32.3 Å². The zero-order valence-electron chi connectivity index (χ0n) is 30.3. The van der Waals surface area contributed by atoms with Crippen LogP contribution in [0, 0.1) is 5.92 Å². The summed E-state index contributed by atoms with van der Waals surface area (Å²) >= 11 is 1.30. The predicted molar refractivity (Wildman–Crippen MR) is 190 cm³/mol. The second-order valence-electron chi connectivity index (χ2n) is 12.6. The van der Waals surface area contributed by atoms with Gasteiger partial charge in [-0.05, 0) is 50.0 Å². The zero-order valence-corrected chi connectivity index (χ0v) is 31.1. The molecule has 0 spiro atoms. The summed E-state index contributed by atoms with van der Waals surface area (Å²) in [7, 11) is 0. The summed E-state index contributed by atoms with van der Waals surface area (Å²) in [5, 5.41) is 48.8. The average Bonchev–Trinajstić information content (AvgIpc) is 3.61. The molecule has 1 saturated heterocycles. The maximum Gasteiger partial charge on any atom is 0.326 e. The summed E-state index contributed by atoms with van der Waals surface area (Å²) in [6.45, 7) is 3.13. The number of nitrogens with two attached hydrogens (primary N) is 1.